The van der Waals surface area contributed by atoms with E-state index in [9.17, 15) is 19.2 Å². The van der Waals surface area contributed by atoms with Crippen molar-refractivity contribution < 1.29 is 33.5 Å². The van der Waals surface area contributed by atoms with Crippen LogP contribution in [0, 0.1) is 0 Å². The van der Waals surface area contributed by atoms with Crippen LogP contribution in [0.25, 0.3) is 0 Å². The maximum absolute atomic E-state index is 11.8. The standard InChI is InChI=1S/C15H15NO7/c1-10(17)21-9-12(11-5-3-2-4-6-11)22-15(20)23-16-13(18)7-8-14(16)19/h2-6,12H,7-9H2,1H3. The SMILES string of the molecule is CC(=O)OCC(OC(=O)ON1C(=O)CCC1=O)c1ccccc1. The molecule has 0 bridgehead atoms. The third-order valence-electron chi connectivity index (χ3n) is 3.02. The van der Waals surface area contributed by atoms with Crippen molar-refractivity contribution in [3.05, 3.63) is 35.9 Å². The number of rotatable bonds is 5. The molecule has 0 aliphatic carbocycles. The lowest BCUT2D eigenvalue weighted by Gasteiger charge is -2.19. The molecule has 23 heavy (non-hydrogen) atoms. The number of hydrogen-bond donors (Lipinski definition) is 0. The third kappa shape index (κ3) is 4.53. The molecule has 1 aliphatic heterocycles. The average Bonchev–Trinajstić information content (AvgIpc) is 2.84. The number of carbonyl (C=O) groups excluding carboxylic acids is 4. The monoisotopic (exact) mass is 321 g/mol. The maximum atomic E-state index is 11.8. The summed E-state index contributed by atoms with van der Waals surface area (Å²) in [6.07, 6.45) is -2.17. The second kappa shape index (κ2) is 7.39. The molecule has 0 N–H and O–H groups in total. The first-order valence-electron chi connectivity index (χ1n) is 6.90. The fraction of sp³-hybridized carbons (Fsp3) is 0.333. The van der Waals surface area contributed by atoms with Crippen molar-refractivity contribution in [2.24, 2.45) is 0 Å². The number of nitrogens with zero attached hydrogens (tertiary/aromatic N) is 1. The largest absolute Gasteiger partial charge is 0.534 e. The number of hydroxylamine groups is 2. The van der Waals surface area contributed by atoms with Crippen molar-refractivity contribution in [2.45, 2.75) is 25.9 Å². The van der Waals surface area contributed by atoms with Crippen LogP contribution < -0.4 is 0 Å². The topological polar surface area (TPSA) is 99.2 Å². The van der Waals surface area contributed by atoms with E-state index in [-0.39, 0.29) is 19.4 Å². The molecule has 0 radical (unpaired) electrons. The van der Waals surface area contributed by atoms with Crippen molar-refractivity contribution in [3.63, 3.8) is 0 Å². The predicted octanol–water partition coefficient (Wildman–Crippen LogP) is 1.51. The van der Waals surface area contributed by atoms with Gasteiger partial charge < -0.3 is 9.47 Å². The second-order valence-corrected chi connectivity index (χ2v) is 4.74. The molecule has 1 aromatic carbocycles. The van der Waals surface area contributed by atoms with Gasteiger partial charge in [0.1, 0.15) is 6.61 Å². The molecule has 8 nitrogen and oxygen atoms in total. The van der Waals surface area contributed by atoms with Gasteiger partial charge in [0.15, 0.2) is 6.10 Å². The lowest BCUT2D eigenvalue weighted by molar-refractivity contribution is -0.179. The zero-order valence-electron chi connectivity index (χ0n) is 12.4. The number of esters is 1. The van der Waals surface area contributed by atoms with E-state index in [1.807, 2.05) is 0 Å². The van der Waals surface area contributed by atoms with Crippen molar-refractivity contribution in [3.8, 4) is 0 Å². The van der Waals surface area contributed by atoms with Crippen LogP contribution in [-0.4, -0.2) is 35.6 Å². The Balaban J connectivity index is 2.01. The van der Waals surface area contributed by atoms with Gasteiger partial charge >= 0.3 is 12.1 Å². The van der Waals surface area contributed by atoms with Crippen LogP contribution in [-0.2, 0) is 28.7 Å². The summed E-state index contributed by atoms with van der Waals surface area (Å²) in [5, 5.41) is 0.385. The zero-order valence-corrected chi connectivity index (χ0v) is 12.4. The average molecular weight is 321 g/mol. The molecule has 0 spiro atoms. The van der Waals surface area contributed by atoms with Crippen LogP contribution in [0.15, 0.2) is 30.3 Å². The first kappa shape index (κ1) is 16.5. The number of ether oxygens (including phenoxy) is 2. The zero-order chi connectivity index (χ0) is 16.8. The Hall–Kier alpha value is -2.90. The molecule has 2 rings (SSSR count). The van der Waals surface area contributed by atoms with Crippen molar-refractivity contribution >= 4 is 23.9 Å². The molecule has 1 unspecified atom stereocenters. The van der Waals surface area contributed by atoms with Crippen LogP contribution >= 0.6 is 0 Å². The fourth-order valence-electron chi connectivity index (χ4n) is 1.93. The van der Waals surface area contributed by atoms with E-state index in [0.29, 0.717) is 10.6 Å². The van der Waals surface area contributed by atoms with Gasteiger partial charge in [-0.05, 0) is 5.56 Å². The highest BCUT2D eigenvalue weighted by Gasteiger charge is 2.34. The van der Waals surface area contributed by atoms with Gasteiger partial charge in [-0.2, -0.15) is 0 Å². The van der Waals surface area contributed by atoms with Crippen molar-refractivity contribution in [1.82, 2.24) is 5.06 Å². The quantitative estimate of drug-likeness (QED) is 0.598. The van der Waals surface area contributed by atoms with Gasteiger partial charge in [-0.25, -0.2) is 4.79 Å². The van der Waals surface area contributed by atoms with Gasteiger partial charge in [-0.15, -0.1) is 0 Å². The molecule has 1 atom stereocenters. The number of amides is 2. The van der Waals surface area contributed by atoms with E-state index in [1.54, 1.807) is 30.3 Å². The highest BCUT2D eigenvalue weighted by molar-refractivity contribution is 6.01. The summed E-state index contributed by atoms with van der Waals surface area (Å²) in [5.41, 5.74) is 0.574. The minimum absolute atomic E-state index is 0.0122. The Kier molecular flexibility index (Phi) is 5.29. The summed E-state index contributed by atoms with van der Waals surface area (Å²) in [6.45, 7) is 1.01. The molecule has 1 aromatic rings. The summed E-state index contributed by atoms with van der Waals surface area (Å²) in [7, 11) is 0. The number of carbonyl (C=O) groups is 4. The van der Waals surface area contributed by atoms with Crippen LogP contribution in [0.2, 0.25) is 0 Å². The Morgan fingerprint density at radius 2 is 1.74 bits per heavy atom. The maximum Gasteiger partial charge on any atom is 0.534 e. The molecule has 1 heterocycles. The van der Waals surface area contributed by atoms with Gasteiger partial charge in [-0.3, -0.25) is 19.2 Å². The van der Waals surface area contributed by atoms with E-state index < -0.39 is 30.0 Å². The van der Waals surface area contributed by atoms with Gasteiger partial charge in [0.2, 0.25) is 0 Å². The molecule has 8 heteroatoms. The normalized spacial score (nSPS) is 15.3. The number of imide groups is 1. The highest BCUT2D eigenvalue weighted by atomic mass is 16.8. The van der Waals surface area contributed by atoms with Gasteiger partial charge in [-0.1, -0.05) is 35.4 Å². The Morgan fingerprint density at radius 1 is 1.13 bits per heavy atom. The smallest absolute Gasteiger partial charge is 0.462 e. The third-order valence-corrected chi connectivity index (χ3v) is 3.02. The minimum Gasteiger partial charge on any atom is -0.462 e. The van der Waals surface area contributed by atoms with Crippen molar-refractivity contribution in [2.75, 3.05) is 6.61 Å². The lowest BCUT2D eigenvalue weighted by atomic mass is 10.1. The molecule has 1 fully saturated rings. The van der Waals surface area contributed by atoms with E-state index in [2.05, 4.69) is 4.84 Å². The van der Waals surface area contributed by atoms with Gasteiger partial charge in [0, 0.05) is 19.8 Å². The van der Waals surface area contributed by atoms with Crippen LogP contribution in [0.1, 0.15) is 31.4 Å². The summed E-state index contributed by atoms with van der Waals surface area (Å²) in [6, 6.07) is 8.56. The molecule has 2 amide bonds. The fourth-order valence-corrected chi connectivity index (χ4v) is 1.93. The van der Waals surface area contributed by atoms with E-state index in [1.165, 1.54) is 6.92 Å². The van der Waals surface area contributed by atoms with E-state index in [0.717, 1.165) is 0 Å². The first-order valence-corrected chi connectivity index (χ1v) is 6.90. The first-order chi connectivity index (χ1) is 11.0. The highest BCUT2D eigenvalue weighted by Crippen LogP contribution is 2.20. The van der Waals surface area contributed by atoms with Gasteiger partial charge in [0.05, 0.1) is 0 Å². The molecule has 122 valence electrons. The van der Waals surface area contributed by atoms with E-state index >= 15 is 0 Å². The molecule has 1 aliphatic rings. The molecule has 1 saturated heterocycles. The summed E-state index contributed by atoms with van der Waals surface area (Å²) < 4.78 is 9.91. The Labute approximate surface area is 131 Å². The summed E-state index contributed by atoms with van der Waals surface area (Å²) >= 11 is 0. The molecule has 0 saturated carbocycles. The molecule has 0 aromatic heterocycles. The van der Waals surface area contributed by atoms with Crippen molar-refractivity contribution in [1.29, 1.82) is 0 Å². The van der Waals surface area contributed by atoms with Crippen LogP contribution in [0.4, 0.5) is 4.79 Å². The lowest BCUT2D eigenvalue weighted by Crippen LogP contribution is -2.33. The second-order valence-electron chi connectivity index (χ2n) is 4.74. The van der Waals surface area contributed by atoms with Crippen LogP contribution in [0.3, 0.4) is 0 Å². The summed E-state index contributed by atoms with van der Waals surface area (Å²) in [4.78, 5) is 50.1. The van der Waals surface area contributed by atoms with Crippen LogP contribution in [0.5, 0.6) is 0 Å². The Morgan fingerprint density at radius 3 is 2.30 bits per heavy atom. The number of benzene rings is 1. The Bertz CT molecular complexity index is 598. The molecular formula is C15H15NO7. The molecular weight excluding hydrogens is 306 g/mol. The van der Waals surface area contributed by atoms with E-state index in [4.69, 9.17) is 9.47 Å². The van der Waals surface area contributed by atoms with Gasteiger partial charge in [0.25, 0.3) is 11.8 Å². The summed E-state index contributed by atoms with van der Waals surface area (Å²) in [5.74, 6) is -1.75. The predicted molar refractivity (Wildman–Crippen MR) is 74.5 cm³/mol. The minimum atomic E-state index is -1.23. The number of hydrogen-bond acceptors (Lipinski definition) is 7.